The number of carbonyl (C=O) groups is 1. The van der Waals surface area contributed by atoms with E-state index in [2.05, 4.69) is 21.8 Å². The Morgan fingerprint density at radius 2 is 1.62 bits per heavy atom. The number of nitrogens with one attached hydrogen (secondary N) is 1. The van der Waals surface area contributed by atoms with Crippen LogP contribution in [-0.4, -0.2) is 42.9 Å². The van der Waals surface area contributed by atoms with Gasteiger partial charge in [0.25, 0.3) is 0 Å². The lowest BCUT2D eigenvalue weighted by molar-refractivity contribution is 0.136. The molecule has 2 aliphatic heterocycles. The maximum Gasteiger partial charge on any atom is 0.208 e. The molecule has 16 heavy (non-hydrogen) atoms. The van der Waals surface area contributed by atoms with Crippen LogP contribution in [0, 0.1) is 0 Å². The third-order valence-corrected chi connectivity index (χ3v) is 3.22. The highest BCUT2D eigenvalue weighted by atomic mass is 35.5. The summed E-state index contributed by atoms with van der Waals surface area (Å²) in [5, 5.41) is 3.43. The Hall–Kier alpha value is 0.170. The molecule has 2 saturated heterocycles. The first kappa shape index (κ1) is 16.2. The van der Waals surface area contributed by atoms with Crippen LogP contribution >= 0.6 is 24.0 Å². The lowest BCUT2D eigenvalue weighted by atomic mass is 10.0. The Labute approximate surface area is 109 Å². The summed E-state index contributed by atoms with van der Waals surface area (Å²) in [6, 6.07) is 0.909. The molecule has 0 atom stereocenters. The van der Waals surface area contributed by atoms with Gasteiger partial charge in [-0.2, -0.15) is 0 Å². The largest absolute Gasteiger partial charge is 0.317 e. The third-order valence-electron chi connectivity index (χ3n) is 3.22. The van der Waals surface area contributed by atoms with Crippen molar-refractivity contribution < 1.29 is 4.79 Å². The molecular formula is C11H22Cl2N2O. The second-order valence-corrected chi connectivity index (χ2v) is 4.35. The van der Waals surface area contributed by atoms with Crippen LogP contribution in [0.15, 0.2) is 0 Å². The number of halogens is 2. The second-order valence-electron chi connectivity index (χ2n) is 4.17. The highest BCUT2D eigenvalue weighted by Gasteiger charge is 2.21. The summed E-state index contributed by atoms with van der Waals surface area (Å²) in [6.45, 7) is 5.21. The first-order valence-corrected chi connectivity index (χ1v) is 6.30. The summed E-state index contributed by atoms with van der Waals surface area (Å²) in [5.74, 6) is 0.222. The van der Waals surface area contributed by atoms with Crippen molar-refractivity contribution in [2.24, 2.45) is 0 Å². The van der Waals surface area contributed by atoms with Crippen LogP contribution in [0.2, 0.25) is 0 Å². The first-order chi connectivity index (χ1) is 7.38. The smallest absolute Gasteiger partial charge is 0.208 e. The van der Waals surface area contributed by atoms with Gasteiger partial charge in [0.15, 0.2) is 0 Å². The van der Waals surface area contributed by atoms with Crippen LogP contribution in [0.25, 0.3) is 0 Å². The van der Waals surface area contributed by atoms with E-state index in [0.29, 0.717) is 0 Å². The van der Waals surface area contributed by atoms with E-state index in [1.807, 2.05) is 0 Å². The van der Waals surface area contributed by atoms with E-state index in [0.717, 1.165) is 6.04 Å². The van der Waals surface area contributed by atoms with E-state index < -0.39 is 0 Å². The first-order valence-electron chi connectivity index (χ1n) is 5.87. The molecule has 0 unspecified atom stereocenters. The quantitative estimate of drug-likeness (QED) is 0.584. The van der Waals surface area contributed by atoms with Gasteiger partial charge < -0.3 is 10.2 Å². The maximum absolute atomic E-state index is 8.57. The minimum atomic E-state index is 0. The van der Waals surface area contributed by atoms with Gasteiger partial charge in [0.2, 0.25) is 5.75 Å². The van der Waals surface area contributed by atoms with Crippen LogP contribution in [0.4, 0.5) is 0 Å². The van der Waals surface area contributed by atoms with Gasteiger partial charge in [0, 0.05) is 6.04 Å². The molecule has 0 bridgehead atoms. The molecule has 2 rings (SSSR count). The molecule has 3 nitrogen and oxygen atoms in total. The summed E-state index contributed by atoms with van der Waals surface area (Å²) in [7, 11) is 0. The Morgan fingerprint density at radius 3 is 2.12 bits per heavy atom. The predicted octanol–water partition coefficient (Wildman–Crippen LogP) is 2.06. The summed E-state index contributed by atoms with van der Waals surface area (Å²) in [4.78, 5) is 11.3. The van der Waals surface area contributed by atoms with Crippen molar-refractivity contribution in [1.29, 1.82) is 0 Å². The number of rotatable bonds is 1. The Kier molecular flexibility index (Phi) is 10.4. The summed E-state index contributed by atoms with van der Waals surface area (Å²) in [6.07, 6.45) is 7.08. The van der Waals surface area contributed by atoms with Gasteiger partial charge in [-0.05, 0) is 63.5 Å². The molecule has 0 aromatic carbocycles. The van der Waals surface area contributed by atoms with Crippen molar-refractivity contribution >= 4 is 29.8 Å². The van der Waals surface area contributed by atoms with Crippen molar-refractivity contribution in [3.8, 4) is 0 Å². The molecule has 96 valence electrons. The van der Waals surface area contributed by atoms with E-state index in [1.54, 1.807) is 0 Å². The van der Waals surface area contributed by atoms with Crippen LogP contribution in [-0.2, 0) is 4.79 Å². The van der Waals surface area contributed by atoms with Crippen LogP contribution in [0.5, 0.6) is 0 Å². The molecule has 5 heteroatoms. The van der Waals surface area contributed by atoms with Gasteiger partial charge in [-0.3, -0.25) is 4.79 Å². The molecule has 2 aliphatic rings. The third kappa shape index (κ3) is 6.04. The van der Waals surface area contributed by atoms with Gasteiger partial charge in [-0.1, -0.05) is 6.42 Å². The fourth-order valence-corrected chi connectivity index (χ4v) is 2.46. The average molecular weight is 269 g/mol. The van der Waals surface area contributed by atoms with E-state index in [-0.39, 0.29) is 18.2 Å². The summed E-state index contributed by atoms with van der Waals surface area (Å²) in [5.41, 5.74) is 0. The second kappa shape index (κ2) is 10.3. The molecule has 0 aliphatic carbocycles. The lowest BCUT2D eigenvalue weighted by Gasteiger charge is -2.36. The van der Waals surface area contributed by atoms with Gasteiger partial charge in [0.05, 0.1) is 0 Å². The number of likely N-dealkylation sites (tertiary alicyclic amines) is 1. The fourth-order valence-electron chi connectivity index (χ4n) is 2.46. The monoisotopic (exact) mass is 268 g/mol. The number of carbonyl (C=O) groups excluding carboxylic acids is 1. The highest BCUT2D eigenvalue weighted by Crippen LogP contribution is 2.17. The molecule has 2 fully saturated rings. The SMILES string of the molecule is C1CCN(C2CCNCC2)CC1.Cl.O=CCl. The fraction of sp³-hybridized carbons (Fsp3) is 0.909. The van der Waals surface area contributed by atoms with Crippen molar-refractivity contribution in [3.63, 3.8) is 0 Å². The van der Waals surface area contributed by atoms with E-state index in [4.69, 9.17) is 4.79 Å². The lowest BCUT2D eigenvalue weighted by Crippen LogP contribution is -2.45. The molecule has 0 aromatic rings. The van der Waals surface area contributed by atoms with Crippen LogP contribution in [0.3, 0.4) is 0 Å². The van der Waals surface area contributed by atoms with Gasteiger partial charge in [0.1, 0.15) is 0 Å². The number of piperidine rings is 2. The number of nitrogens with zero attached hydrogens (tertiary/aromatic N) is 1. The highest BCUT2D eigenvalue weighted by molar-refractivity contribution is 6.54. The molecule has 1 N–H and O–H groups in total. The molecule has 0 aromatic heterocycles. The van der Waals surface area contributed by atoms with Gasteiger partial charge in [-0.25, -0.2) is 0 Å². The van der Waals surface area contributed by atoms with E-state index >= 15 is 0 Å². The van der Waals surface area contributed by atoms with Crippen molar-refractivity contribution in [2.45, 2.75) is 38.1 Å². The standard InChI is InChI=1S/C10H20N2.CHClO.ClH/c1-2-8-12(9-3-1)10-4-6-11-7-5-10;2-1-3;/h10-11H,1-9H2;1H;1H. The summed E-state index contributed by atoms with van der Waals surface area (Å²) >= 11 is 4.32. The Morgan fingerprint density at radius 1 is 1.12 bits per heavy atom. The molecule has 0 amide bonds. The van der Waals surface area contributed by atoms with Crippen molar-refractivity contribution in [3.05, 3.63) is 0 Å². The van der Waals surface area contributed by atoms with Gasteiger partial charge in [-0.15, -0.1) is 12.4 Å². The number of hydrogen-bond donors (Lipinski definition) is 1. The zero-order valence-corrected chi connectivity index (χ0v) is 11.2. The molecule has 2 heterocycles. The van der Waals surface area contributed by atoms with E-state index in [9.17, 15) is 0 Å². The molecule has 0 radical (unpaired) electrons. The zero-order chi connectivity index (χ0) is 10.9. The average Bonchev–Trinajstić information content (AvgIpc) is 2.32. The minimum absolute atomic E-state index is 0. The molecule has 0 saturated carbocycles. The normalized spacial score (nSPS) is 22.6. The maximum atomic E-state index is 8.57. The zero-order valence-electron chi connectivity index (χ0n) is 9.66. The van der Waals surface area contributed by atoms with Crippen molar-refractivity contribution in [2.75, 3.05) is 26.2 Å². The minimum Gasteiger partial charge on any atom is -0.317 e. The van der Waals surface area contributed by atoms with Crippen LogP contribution < -0.4 is 5.32 Å². The predicted molar refractivity (Wildman–Crippen MR) is 71.2 cm³/mol. The topological polar surface area (TPSA) is 32.3 Å². The summed E-state index contributed by atoms with van der Waals surface area (Å²) < 4.78 is 0. The number of hydrogen-bond acceptors (Lipinski definition) is 3. The molecule has 0 spiro atoms. The van der Waals surface area contributed by atoms with E-state index in [1.165, 1.54) is 58.3 Å². The Balaban J connectivity index is 0.000000511. The van der Waals surface area contributed by atoms with Gasteiger partial charge >= 0.3 is 0 Å². The Bertz CT molecular complexity index is 153. The van der Waals surface area contributed by atoms with Crippen LogP contribution in [0.1, 0.15) is 32.1 Å². The molecular weight excluding hydrogens is 247 g/mol. The van der Waals surface area contributed by atoms with Crippen molar-refractivity contribution in [1.82, 2.24) is 10.2 Å².